The summed E-state index contributed by atoms with van der Waals surface area (Å²) in [6, 6.07) is -0.800. The Morgan fingerprint density at radius 3 is 2.42 bits per heavy atom. The number of nitrogens with zero attached hydrogens (tertiary/aromatic N) is 1. The van der Waals surface area contributed by atoms with E-state index in [1.54, 1.807) is 0 Å². The van der Waals surface area contributed by atoms with E-state index < -0.39 is 12.0 Å². The number of likely N-dealkylation sites (N-methyl/N-ethyl adjacent to an activating group) is 1. The van der Waals surface area contributed by atoms with Gasteiger partial charge < -0.3 is 15.3 Å². The zero-order valence-corrected chi connectivity index (χ0v) is 12.9. The molecule has 0 saturated carbocycles. The van der Waals surface area contributed by atoms with Crippen LogP contribution in [0.15, 0.2) is 0 Å². The summed E-state index contributed by atoms with van der Waals surface area (Å²) in [5, 5.41) is 11.8. The molecular formula is C12H21BrN2O4. The van der Waals surface area contributed by atoms with Crippen molar-refractivity contribution in [1.29, 1.82) is 0 Å². The van der Waals surface area contributed by atoms with Crippen LogP contribution < -0.4 is 5.32 Å². The number of alkyl halides is 1. The Morgan fingerprint density at radius 2 is 1.89 bits per heavy atom. The molecule has 0 rings (SSSR count). The largest absolute Gasteiger partial charge is 0.480 e. The second kappa shape index (κ2) is 9.77. The van der Waals surface area contributed by atoms with Crippen molar-refractivity contribution in [3.63, 3.8) is 0 Å². The van der Waals surface area contributed by atoms with E-state index in [-0.39, 0.29) is 11.8 Å². The number of carboxylic acid groups (broad SMARTS) is 1. The first kappa shape index (κ1) is 17.9. The SMILES string of the molecule is CC(C(=O)O)N(C)C(=O)CCCCCNC(=O)CBr. The van der Waals surface area contributed by atoms with Crippen molar-refractivity contribution in [3.05, 3.63) is 0 Å². The summed E-state index contributed by atoms with van der Waals surface area (Å²) in [6.45, 7) is 2.08. The summed E-state index contributed by atoms with van der Waals surface area (Å²) in [7, 11) is 1.50. The molecule has 0 spiro atoms. The van der Waals surface area contributed by atoms with Crippen molar-refractivity contribution in [3.8, 4) is 0 Å². The van der Waals surface area contributed by atoms with Crippen LogP contribution in [0.25, 0.3) is 0 Å². The minimum Gasteiger partial charge on any atom is -0.480 e. The van der Waals surface area contributed by atoms with Gasteiger partial charge in [0.1, 0.15) is 6.04 Å². The van der Waals surface area contributed by atoms with E-state index in [0.29, 0.717) is 24.7 Å². The predicted octanol–water partition coefficient (Wildman–Crippen LogP) is 0.989. The van der Waals surface area contributed by atoms with Crippen LogP contribution in [0.3, 0.4) is 0 Å². The molecule has 0 aliphatic heterocycles. The number of halogens is 1. The molecule has 0 saturated heterocycles. The first-order valence-electron chi connectivity index (χ1n) is 6.21. The lowest BCUT2D eigenvalue weighted by Gasteiger charge is -2.21. The Hall–Kier alpha value is -1.11. The van der Waals surface area contributed by atoms with E-state index in [0.717, 1.165) is 12.8 Å². The van der Waals surface area contributed by atoms with Gasteiger partial charge in [0.15, 0.2) is 0 Å². The van der Waals surface area contributed by atoms with Gasteiger partial charge in [0.25, 0.3) is 0 Å². The summed E-state index contributed by atoms with van der Waals surface area (Å²) < 4.78 is 0. The number of unbranched alkanes of at least 4 members (excludes halogenated alkanes) is 2. The molecule has 1 unspecified atom stereocenters. The lowest BCUT2D eigenvalue weighted by atomic mass is 10.1. The van der Waals surface area contributed by atoms with Gasteiger partial charge in [-0.05, 0) is 19.8 Å². The standard InChI is InChI=1S/C12H21BrN2O4/c1-9(12(18)19)15(2)11(17)6-4-3-5-7-14-10(16)8-13/h9H,3-8H2,1-2H3,(H,14,16)(H,18,19). The van der Waals surface area contributed by atoms with Gasteiger partial charge in [-0.1, -0.05) is 22.4 Å². The van der Waals surface area contributed by atoms with E-state index in [9.17, 15) is 14.4 Å². The molecule has 0 aliphatic rings. The van der Waals surface area contributed by atoms with E-state index in [4.69, 9.17) is 5.11 Å². The molecule has 7 heteroatoms. The van der Waals surface area contributed by atoms with Crippen molar-refractivity contribution < 1.29 is 19.5 Å². The number of hydrogen-bond acceptors (Lipinski definition) is 3. The zero-order chi connectivity index (χ0) is 14.8. The minimum absolute atomic E-state index is 0.0499. The zero-order valence-electron chi connectivity index (χ0n) is 11.3. The maximum absolute atomic E-state index is 11.7. The fraction of sp³-hybridized carbons (Fsp3) is 0.750. The van der Waals surface area contributed by atoms with Crippen LogP contribution in [0.5, 0.6) is 0 Å². The third-order valence-electron chi connectivity index (χ3n) is 2.84. The number of hydrogen-bond donors (Lipinski definition) is 2. The molecule has 110 valence electrons. The number of nitrogens with one attached hydrogen (secondary N) is 1. The second-order valence-corrected chi connectivity index (χ2v) is 4.87. The van der Waals surface area contributed by atoms with Gasteiger partial charge in [-0.3, -0.25) is 9.59 Å². The lowest BCUT2D eigenvalue weighted by molar-refractivity contribution is -0.148. The highest BCUT2D eigenvalue weighted by atomic mass is 79.9. The van der Waals surface area contributed by atoms with Gasteiger partial charge in [-0.15, -0.1) is 0 Å². The number of amides is 2. The molecule has 0 radical (unpaired) electrons. The summed E-state index contributed by atoms with van der Waals surface area (Å²) >= 11 is 3.05. The smallest absolute Gasteiger partial charge is 0.326 e. The third kappa shape index (κ3) is 7.81. The number of carboxylic acids is 1. The van der Waals surface area contributed by atoms with E-state index in [1.807, 2.05) is 0 Å². The topological polar surface area (TPSA) is 86.7 Å². The Bertz CT molecular complexity index is 323. The summed E-state index contributed by atoms with van der Waals surface area (Å²) in [5.74, 6) is -1.22. The van der Waals surface area contributed by atoms with E-state index in [2.05, 4.69) is 21.2 Å². The van der Waals surface area contributed by atoms with Crippen molar-refractivity contribution in [2.45, 2.75) is 38.6 Å². The van der Waals surface area contributed by atoms with Crippen LogP contribution in [0.2, 0.25) is 0 Å². The van der Waals surface area contributed by atoms with Gasteiger partial charge in [0.2, 0.25) is 11.8 Å². The van der Waals surface area contributed by atoms with Crippen LogP contribution >= 0.6 is 15.9 Å². The second-order valence-electron chi connectivity index (χ2n) is 4.31. The molecule has 0 aromatic carbocycles. The molecule has 0 heterocycles. The normalized spacial score (nSPS) is 11.7. The molecular weight excluding hydrogens is 316 g/mol. The Morgan fingerprint density at radius 1 is 1.26 bits per heavy atom. The summed E-state index contributed by atoms with van der Waals surface area (Å²) in [6.07, 6.45) is 2.66. The first-order valence-corrected chi connectivity index (χ1v) is 7.33. The van der Waals surface area contributed by atoms with Gasteiger partial charge in [0.05, 0.1) is 5.33 Å². The van der Waals surface area contributed by atoms with Crippen LogP contribution in [0.1, 0.15) is 32.6 Å². The monoisotopic (exact) mass is 336 g/mol. The highest BCUT2D eigenvalue weighted by molar-refractivity contribution is 9.09. The number of aliphatic carboxylic acids is 1. The van der Waals surface area contributed by atoms with Gasteiger partial charge in [0, 0.05) is 20.0 Å². The quantitative estimate of drug-likeness (QED) is 0.485. The van der Waals surface area contributed by atoms with Gasteiger partial charge in [-0.2, -0.15) is 0 Å². The molecule has 0 aromatic rings. The molecule has 2 N–H and O–H groups in total. The number of rotatable bonds is 9. The van der Waals surface area contributed by atoms with E-state index >= 15 is 0 Å². The van der Waals surface area contributed by atoms with Crippen LogP contribution in [-0.4, -0.2) is 52.8 Å². The summed E-state index contributed by atoms with van der Waals surface area (Å²) in [5.41, 5.74) is 0. The van der Waals surface area contributed by atoms with Gasteiger partial charge >= 0.3 is 5.97 Å². The average Bonchev–Trinajstić information content (AvgIpc) is 2.39. The molecule has 0 aliphatic carbocycles. The molecule has 0 aromatic heterocycles. The third-order valence-corrected chi connectivity index (χ3v) is 3.35. The fourth-order valence-electron chi connectivity index (χ4n) is 1.41. The lowest BCUT2D eigenvalue weighted by Crippen LogP contribution is -2.40. The Balaban J connectivity index is 3.69. The molecule has 0 bridgehead atoms. The maximum atomic E-state index is 11.7. The van der Waals surface area contributed by atoms with Crippen LogP contribution in [0, 0.1) is 0 Å². The highest BCUT2D eigenvalue weighted by Gasteiger charge is 2.20. The van der Waals surface area contributed by atoms with Crippen molar-refractivity contribution in [2.75, 3.05) is 18.9 Å². The Labute approximate surface area is 121 Å². The van der Waals surface area contributed by atoms with E-state index in [1.165, 1.54) is 18.9 Å². The van der Waals surface area contributed by atoms with Crippen molar-refractivity contribution in [2.24, 2.45) is 0 Å². The number of carbonyl (C=O) groups excluding carboxylic acids is 2. The van der Waals surface area contributed by atoms with Crippen molar-refractivity contribution in [1.82, 2.24) is 10.2 Å². The predicted molar refractivity (Wildman–Crippen MR) is 75.1 cm³/mol. The van der Waals surface area contributed by atoms with Crippen molar-refractivity contribution >= 4 is 33.7 Å². The van der Waals surface area contributed by atoms with Gasteiger partial charge in [-0.25, -0.2) is 4.79 Å². The first-order chi connectivity index (χ1) is 8.90. The Kier molecular flexibility index (Phi) is 9.20. The molecule has 0 fully saturated rings. The summed E-state index contributed by atoms with van der Waals surface area (Å²) in [4.78, 5) is 34.5. The van der Waals surface area contributed by atoms with Crippen LogP contribution in [-0.2, 0) is 14.4 Å². The maximum Gasteiger partial charge on any atom is 0.326 e. The molecule has 1 atom stereocenters. The minimum atomic E-state index is -1.01. The number of carbonyl (C=O) groups is 3. The fourth-order valence-corrected chi connectivity index (χ4v) is 1.61. The molecule has 2 amide bonds. The molecule has 19 heavy (non-hydrogen) atoms. The molecule has 6 nitrogen and oxygen atoms in total. The highest BCUT2D eigenvalue weighted by Crippen LogP contribution is 2.05. The van der Waals surface area contributed by atoms with Crippen LogP contribution in [0.4, 0.5) is 0 Å². The average molecular weight is 337 g/mol.